The van der Waals surface area contributed by atoms with E-state index in [4.69, 9.17) is 0 Å². The van der Waals surface area contributed by atoms with Crippen LogP contribution in [0, 0.1) is 5.92 Å². The first-order chi connectivity index (χ1) is 14.0. The van der Waals surface area contributed by atoms with E-state index < -0.39 is 5.41 Å². The van der Waals surface area contributed by atoms with Gasteiger partial charge in [0, 0.05) is 24.0 Å². The normalized spacial score (nSPS) is 15.7. The minimum Gasteiger partial charge on any atom is -0.347 e. The maximum absolute atomic E-state index is 13.2. The van der Waals surface area contributed by atoms with Gasteiger partial charge in [-0.1, -0.05) is 44.2 Å². The minimum absolute atomic E-state index is 0.00703. The molecule has 0 saturated heterocycles. The van der Waals surface area contributed by atoms with Crippen molar-refractivity contribution in [2.75, 3.05) is 0 Å². The number of carbonyl (C=O) groups excluding carboxylic acids is 1. The number of pyridine rings is 1. The Morgan fingerprint density at radius 3 is 2.52 bits per heavy atom. The number of rotatable bonds is 6. The van der Waals surface area contributed by atoms with Gasteiger partial charge in [0.25, 0.3) is 5.56 Å². The Labute approximate surface area is 169 Å². The van der Waals surface area contributed by atoms with Gasteiger partial charge < -0.3 is 10.3 Å². The molecule has 1 saturated carbocycles. The third-order valence-corrected chi connectivity index (χ3v) is 5.48. The molecule has 0 spiro atoms. The van der Waals surface area contributed by atoms with Crippen LogP contribution in [0.2, 0.25) is 0 Å². The van der Waals surface area contributed by atoms with Crippen molar-refractivity contribution in [3.63, 3.8) is 0 Å². The zero-order valence-corrected chi connectivity index (χ0v) is 16.6. The summed E-state index contributed by atoms with van der Waals surface area (Å²) in [6, 6.07) is 14.6. The topological polar surface area (TPSA) is 87.7 Å². The van der Waals surface area contributed by atoms with E-state index in [0.29, 0.717) is 11.5 Å². The van der Waals surface area contributed by atoms with E-state index in [-0.39, 0.29) is 23.4 Å². The quantitative estimate of drug-likeness (QED) is 0.678. The van der Waals surface area contributed by atoms with Crippen LogP contribution in [-0.4, -0.2) is 20.9 Å². The van der Waals surface area contributed by atoms with Crippen LogP contribution in [0.25, 0.3) is 11.4 Å². The van der Waals surface area contributed by atoms with Crippen molar-refractivity contribution in [2.24, 2.45) is 5.92 Å². The number of amides is 1. The van der Waals surface area contributed by atoms with E-state index in [0.717, 1.165) is 24.0 Å². The summed E-state index contributed by atoms with van der Waals surface area (Å²) in [5.74, 6) is 0.513. The highest BCUT2D eigenvalue weighted by molar-refractivity contribution is 5.91. The average molecular weight is 388 g/mol. The van der Waals surface area contributed by atoms with E-state index in [1.54, 1.807) is 18.5 Å². The van der Waals surface area contributed by atoms with Gasteiger partial charge in [0.1, 0.15) is 5.82 Å². The molecular weight excluding hydrogens is 364 g/mol. The van der Waals surface area contributed by atoms with Crippen molar-refractivity contribution in [1.29, 1.82) is 0 Å². The SMILES string of the molecule is CC(C)C(NC(=O)C1(c2ccccc2)CC1)c1cc(=O)[nH]c(-c2cccnc2)n1. The van der Waals surface area contributed by atoms with Crippen LogP contribution in [0.1, 0.15) is 44.0 Å². The first kappa shape index (κ1) is 19.1. The lowest BCUT2D eigenvalue weighted by Crippen LogP contribution is -2.40. The Hall–Kier alpha value is -3.28. The van der Waals surface area contributed by atoms with Crippen LogP contribution >= 0.6 is 0 Å². The van der Waals surface area contributed by atoms with E-state index >= 15 is 0 Å². The van der Waals surface area contributed by atoms with Crippen molar-refractivity contribution < 1.29 is 4.79 Å². The van der Waals surface area contributed by atoms with Gasteiger partial charge in [-0.3, -0.25) is 14.6 Å². The number of carbonyl (C=O) groups is 1. The Bertz CT molecular complexity index is 1060. The lowest BCUT2D eigenvalue weighted by molar-refractivity contribution is -0.124. The molecule has 148 valence electrons. The summed E-state index contributed by atoms with van der Waals surface area (Å²) in [6.07, 6.45) is 4.98. The Kier molecular flexibility index (Phi) is 5.01. The predicted molar refractivity (Wildman–Crippen MR) is 111 cm³/mol. The van der Waals surface area contributed by atoms with Gasteiger partial charge in [-0.05, 0) is 36.5 Å². The largest absolute Gasteiger partial charge is 0.347 e. The minimum atomic E-state index is -0.470. The lowest BCUT2D eigenvalue weighted by Gasteiger charge is -2.25. The molecule has 6 heteroatoms. The average Bonchev–Trinajstić information content (AvgIpc) is 3.54. The molecule has 1 aliphatic carbocycles. The third kappa shape index (κ3) is 3.83. The second kappa shape index (κ2) is 7.62. The summed E-state index contributed by atoms with van der Waals surface area (Å²) >= 11 is 0. The van der Waals surface area contributed by atoms with Gasteiger partial charge in [-0.15, -0.1) is 0 Å². The Morgan fingerprint density at radius 1 is 1.14 bits per heavy atom. The van der Waals surface area contributed by atoms with Gasteiger partial charge in [0.15, 0.2) is 0 Å². The number of benzene rings is 1. The molecule has 2 heterocycles. The van der Waals surface area contributed by atoms with E-state index in [1.807, 2.05) is 50.2 Å². The van der Waals surface area contributed by atoms with Crippen LogP contribution in [0.4, 0.5) is 0 Å². The predicted octanol–water partition coefficient (Wildman–Crippen LogP) is 3.38. The number of nitrogens with one attached hydrogen (secondary N) is 2. The molecule has 1 atom stereocenters. The van der Waals surface area contributed by atoms with Gasteiger partial charge in [-0.2, -0.15) is 0 Å². The number of hydrogen-bond donors (Lipinski definition) is 2. The zero-order chi connectivity index (χ0) is 20.4. The van der Waals surface area contributed by atoms with Crippen molar-refractivity contribution in [2.45, 2.75) is 38.1 Å². The van der Waals surface area contributed by atoms with Crippen molar-refractivity contribution in [1.82, 2.24) is 20.3 Å². The van der Waals surface area contributed by atoms with Crippen LogP contribution in [-0.2, 0) is 10.2 Å². The number of H-pyrrole nitrogens is 1. The second-order valence-electron chi connectivity index (χ2n) is 7.90. The van der Waals surface area contributed by atoms with Crippen molar-refractivity contribution in [3.8, 4) is 11.4 Å². The molecule has 1 amide bonds. The van der Waals surface area contributed by atoms with Crippen molar-refractivity contribution >= 4 is 5.91 Å². The molecule has 0 aliphatic heterocycles. The fourth-order valence-corrected chi connectivity index (χ4v) is 3.67. The Balaban J connectivity index is 1.65. The fraction of sp³-hybridized carbons (Fsp3) is 0.304. The molecule has 2 N–H and O–H groups in total. The van der Waals surface area contributed by atoms with E-state index in [2.05, 4.69) is 20.3 Å². The molecule has 1 aliphatic rings. The second-order valence-corrected chi connectivity index (χ2v) is 7.90. The standard InChI is InChI=1S/C23H24N4O2/c1-15(2)20(27-22(29)23(10-11-23)17-8-4-3-5-9-17)18-13-19(28)26-21(25-18)16-7-6-12-24-14-16/h3-9,12-15,20H,10-11H2,1-2H3,(H,27,29)(H,25,26,28). The van der Waals surface area contributed by atoms with Gasteiger partial charge in [0.05, 0.1) is 17.2 Å². The number of nitrogens with zero attached hydrogens (tertiary/aromatic N) is 2. The van der Waals surface area contributed by atoms with Gasteiger partial charge in [-0.25, -0.2) is 4.98 Å². The van der Waals surface area contributed by atoms with E-state index in [1.165, 1.54) is 6.07 Å². The van der Waals surface area contributed by atoms with E-state index in [9.17, 15) is 9.59 Å². The number of aromatic amines is 1. The summed E-state index contributed by atoms with van der Waals surface area (Å²) in [7, 11) is 0. The maximum Gasteiger partial charge on any atom is 0.251 e. The molecule has 1 unspecified atom stereocenters. The molecule has 0 radical (unpaired) electrons. The fourth-order valence-electron chi connectivity index (χ4n) is 3.67. The molecule has 6 nitrogen and oxygen atoms in total. The first-order valence-corrected chi connectivity index (χ1v) is 9.88. The molecule has 29 heavy (non-hydrogen) atoms. The third-order valence-electron chi connectivity index (χ3n) is 5.48. The van der Waals surface area contributed by atoms with Crippen LogP contribution in [0.3, 0.4) is 0 Å². The van der Waals surface area contributed by atoms with Crippen LogP contribution in [0.5, 0.6) is 0 Å². The smallest absolute Gasteiger partial charge is 0.251 e. The monoisotopic (exact) mass is 388 g/mol. The highest BCUT2D eigenvalue weighted by atomic mass is 16.2. The van der Waals surface area contributed by atoms with Crippen molar-refractivity contribution in [3.05, 3.63) is 82.5 Å². The van der Waals surface area contributed by atoms with Crippen LogP contribution < -0.4 is 10.9 Å². The Morgan fingerprint density at radius 2 is 1.90 bits per heavy atom. The summed E-state index contributed by atoms with van der Waals surface area (Å²) in [4.78, 5) is 37.0. The number of aromatic nitrogens is 3. The molecular formula is C23H24N4O2. The molecule has 4 rings (SSSR count). The molecule has 1 fully saturated rings. The molecule has 2 aromatic heterocycles. The molecule has 0 bridgehead atoms. The highest BCUT2D eigenvalue weighted by Gasteiger charge is 2.51. The molecule has 3 aromatic rings. The summed E-state index contributed by atoms with van der Waals surface area (Å²) in [5, 5.41) is 3.17. The maximum atomic E-state index is 13.2. The zero-order valence-electron chi connectivity index (χ0n) is 16.6. The highest BCUT2D eigenvalue weighted by Crippen LogP contribution is 2.48. The van der Waals surface area contributed by atoms with Crippen LogP contribution in [0.15, 0.2) is 65.7 Å². The summed E-state index contributed by atoms with van der Waals surface area (Å²) in [5.41, 5.74) is 1.60. The lowest BCUT2D eigenvalue weighted by atomic mass is 9.93. The van der Waals surface area contributed by atoms with Gasteiger partial charge in [0.2, 0.25) is 5.91 Å². The number of hydrogen-bond acceptors (Lipinski definition) is 4. The molecule has 1 aromatic carbocycles. The van der Waals surface area contributed by atoms with Gasteiger partial charge >= 0.3 is 0 Å². The first-order valence-electron chi connectivity index (χ1n) is 9.88. The summed E-state index contributed by atoms with van der Waals surface area (Å²) < 4.78 is 0. The summed E-state index contributed by atoms with van der Waals surface area (Å²) in [6.45, 7) is 4.03.